The molecule has 0 saturated carbocycles. The number of methoxy groups -OCH3 is 2. The second kappa shape index (κ2) is 13.9. The quantitative estimate of drug-likeness (QED) is 0.188. The summed E-state index contributed by atoms with van der Waals surface area (Å²) in [6.07, 6.45) is 3.62. The highest BCUT2D eigenvalue weighted by Gasteiger charge is 2.25. The molecule has 1 saturated heterocycles. The maximum absolute atomic E-state index is 12.7. The summed E-state index contributed by atoms with van der Waals surface area (Å²) in [6, 6.07) is 16.3. The number of aromatic nitrogens is 2. The molecule has 0 spiro atoms. The van der Waals surface area contributed by atoms with Crippen molar-refractivity contribution in [3.05, 3.63) is 48.5 Å². The molecule has 8 heteroatoms. The van der Waals surface area contributed by atoms with Gasteiger partial charge in [0.2, 0.25) is 5.91 Å². The van der Waals surface area contributed by atoms with Gasteiger partial charge in [0.1, 0.15) is 11.5 Å². The topological polar surface area (TPSA) is 65.8 Å². The molecule has 2 unspecified atom stereocenters. The zero-order valence-electron chi connectivity index (χ0n) is 23.8. The fraction of sp³-hybridized carbons (Fsp3) is 0.484. The lowest BCUT2D eigenvalue weighted by molar-refractivity contribution is -0.143. The Balaban J connectivity index is 1.50. The summed E-state index contributed by atoms with van der Waals surface area (Å²) in [5, 5.41) is 1.01. The molecule has 39 heavy (non-hydrogen) atoms. The van der Waals surface area contributed by atoms with Crippen molar-refractivity contribution < 1.29 is 19.0 Å². The van der Waals surface area contributed by atoms with Crippen molar-refractivity contribution in [3.63, 3.8) is 0 Å². The second-order valence-corrected chi connectivity index (χ2v) is 11.1. The lowest BCUT2D eigenvalue weighted by Gasteiger charge is -2.35. The number of nitrogens with zero attached hydrogens (tertiary/aromatic N) is 3. The lowest BCUT2D eigenvalue weighted by atomic mass is 10.0. The summed E-state index contributed by atoms with van der Waals surface area (Å²) in [6.45, 7) is 8.51. The predicted octanol–water partition coefficient (Wildman–Crippen LogP) is 6.54. The number of carbonyl (C=O) groups excluding carboxylic acids is 1. The van der Waals surface area contributed by atoms with E-state index in [1.54, 1.807) is 26.0 Å². The molecule has 1 aliphatic heterocycles. The van der Waals surface area contributed by atoms with Gasteiger partial charge in [-0.1, -0.05) is 18.7 Å². The van der Waals surface area contributed by atoms with Crippen LogP contribution in [0.3, 0.4) is 0 Å². The monoisotopic (exact) mass is 551 g/mol. The predicted molar refractivity (Wildman–Crippen MR) is 158 cm³/mol. The highest BCUT2D eigenvalue weighted by molar-refractivity contribution is 7.99. The SMILES string of the molecule is CCCn1c(SCCCCC(=O)N2CC(C)OC(C)C2)nc(-c2ccc(OC)cc2)c1-c1ccc(OC)cc1. The molecule has 2 aromatic carbocycles. The van der Waals surface area contributed by atoms with E-state index in [0.717, 1.165) is 70.7 Å². The maximum atomic E-state index is 12.7. The zero-order chi connectivity index (χ0) is 27.8. The first kappa shape index (κ1) is 29.0. The Kier molecular flexibility index (Phi) is 10.3. The van der Waals surface area contributed by atoms with E-state index in [9.17, 15) is 4.79 Å². The molecule has 1 aliphatic rings. The highest BCUT2D eigenvalue weighted by Crippen LogP contribution is 2.37. The molecule has 2 atom stereocenters. The van der Waals surface area contributed by atoms with E-state index in [1.807, 2.05) is 43.0 Å². The first-order chi connectivity index (χ1) is 18.9. The molecule has 1 amide bonds. The number of morpholine rings is 1. The molecule has 0 aliphatic carbocycles. The molecule has 1 aromatic heterocycles. The van der Waals surface area contributed by atoms with Crippen molar-refractivity contribution in [2.45, 2.75) is 70.4 Å². The standard InChI is InChI=1S/C31H41N3O4S/c1-6-18-34-30(25-12-16-27(37-5)17-13-25)29(24-10-14-26(36-4)15-11-24)32-31(34)39-19-8-7-9-28(35)33-20-22(2)38-23(3)21-33/h10-17,22-23H,6-9,18-21H2,1-5H3. The van der Waals surface area contributed by atoms with Gasteiger partial charge in [-0.05, 0) is 81.6 Å². The molecule has 3 aromatic rings. The van der Waals surface area contributed by atoms with Crippen molar-refractivity contribution in [2.75, 3.05) is 33.1 Å². The van der Waals surface area contributed by atoms with Crippen LogP contribution in [0.25, 0.3) is 22.5 Å². The van der Waals surface area contributed by atoms with Crippen LogP contribution >= 0.6 is 11.8 Å². The summed E-state index contributed by atoms with van der Waals surface area (Å²) in [4.78, 5) is 19.9. The summed E-state index contributed by atoms with van der Waals surface area (Å²) in [5.74, 6) is 2.80. The summed E-state index contributed by atoms with van der Waals surface area (Å²) in [5.41, 5.74) is 4.23. The van der Waals surface area contributed by atoms with Crippen LogP contribution in [0, 0.1) is 0 Å². The van der Waals surface area contributed by atoms with E-state index in [4.69, 9.17) is 19.2 Å². The van der Waals surface area contributed by atoms with E-state index in [0.29, 0.717) is 19.5 Å². The first-order valence-corrected chi connectivity index (χ1v) is 14.9. The smallest absolute Gasteiger partial charge is 0.222 e. The number of benzene rings is 2. The number of thioether (sulfide) groups is 1. The van der Waals surface area contributed by atoms with Crippen LogP contribution in [-0.4, -0.2) is 65.6 Å². The lowest BCUT2D eigenvalue weighted by Crippen LogP contribution is -2.48. The Morgan fingerprint density at radius 1 is 0.949 bits per heavy atom. The summed E-state index contributed by atoms with van der Waals surface area (Å²) in [7, 11) is 3.36. The minimum Gasteiger partial charge on any atom is -0.497 e. The molecule has 1 fully saturated rings. The molecule has 7 nitrogen and oxygen atoms in total. The maximum Gasteiger partial charge on any atom is 0.222 e. The number of carbonyl (C=O) groups is 1. The second-order valence-electron chi connectivity index (χ2n) is 10.1. The van der Waals surface area contributed by atoms with E-state index < -0.39 is 0 Å². The number of unbranched alkanes of at least 4 members (excludes halogenated alkanes) is 1. The van der Waals surface area contributed by atoms with Gasteiger partial charge in [0.25, 0.3) is 0 Å². The average Bonchev–Trinajstić information content (AvgIpc) is 3.30. The molecule has 0 N–H and O–H groups in total. The Morgan fingerprint density at radius 3 is 2.10 bits per heavy atom. The third-order valence-electron chi connectivity index (χ3n) is 6.90. The van der Waals surface area contributed by atoms with Crippen LogP contribution in [0.4, 0.5) is 0 Å². The fourth-order valence-electron chi connectivity index (χ4n) is 5.05. The van der Waals surface area contributed by atoms with Gasteiger partial charge in [-0.15, -0.1) is 0 Å². The van der Waals surface area contributed by atoms with Crippen molar-refractivity contribution in [2.24, 2.45) is 0 Å². The molecule has 0 bridgehead atoms. The van der Waals surface area contributed by atoms with Crippen LogP contribution in [0.2, 0.25) is 0 Å². The molecule has 0 radical (unpaired) electrons. The number of rotatable bonds is 12. The van der Waals surface area contributed by atoms with Crippen LogP contribution < -0.4 is 9.47 Å². The van der Waals surface area contributed by atoms with Crippen molar-refractivity contribution in [1.29, 1.82) is 0 Å². The van der Waals surface area contributed by atoms with Gasteiger partial charge in [-0.3, -0.25) is 4.79 Å². The first-order valence-electron chi connectivity index (χ1n) is 13.9. The van der Waals surface area contributed by atoms with E-state index in [2.05, 4.69) is 35.8 Å². The van der Waals surface area contributed by atoms with Crippen LogP contribution in [0.15, 0.2) is 53.7 Å². The van der Waals surface area contributed by atoms with E-state index >= 15 is 0 Å². The van der Waals surface area contributed by atoms with Gasteiger partial charge in [-0.25, -0.2) is 4.98 Å². The van der Waals surface area contributed by atoms with Crippen molar-refractivity contribution in [3.8, 4) is 34.0 Å². The molecule has 2 heterocycles. The Labute approximate surface area is 236 Å². The molecular weight excluding hydrogens is 510 g/mol. The number of ether oxygens (including phenoxy) is 3. The Hall–Kier alpha value is -2.97. The zero-order valence-corrected chi connectivity index (χ0v) is 24.6. The fourth-order valence-corrected chi connectivity index (χ4v) is 6.07. The highest BCUT2D eigenvalue weighted by atomic mass is 32.2. The third kappa shape index (κ3) is 7.37. The van der Waals surface area contributed by atoms with Crippen LogP contribution in [0.1, 0.15) is 46.5 Å². The Bertz CT molecular complexity index is 1200. The minimum absolute atomic E-state index is 0.102. The van der Waals surface area contributed by atoms with Gasteiger partial charge in [0.05, 0.1) is 37.8 Å². The van der Waals surface area contributed by atoms with Crippen LogP contribution in [0.5, 0.6) is 11.5 Å². The summed E-state index contributed by atoms with van der Waals surface area (Å²) < 4.78 is 18.9. The number of imidazole rings is 1. The van der Waals surface area contributed by atoms with Gasteiger partial charge in [-0.2, -0.15) is 0 Å². The largest absolute Gasteiger partial charge is 0.497 e. The minimum atomic E-state index is 0.102. The average molecular weight is 552 g/mol. The van der Waals surface area contributed by atoms with Gasteiger partial charge >= 0.3 is 0 Å². The number of amides is 1. The van der Waals surface area contributed by atoms with E-state index in [1.165, 1.54) is 0 Å². The summed E-state index contributed by atoms with van der Waals surface area (Å²) >= 11 is 1.77. The van der Waals surface area contributed by atoms with Crippen molar-refractivity contribution in [1.82, 2.24) is 14.5 Å². The Morgan fingerprint density at radius 2 is 1.54 bits per heavy atom. The van der Waals surface area contributed by atoms with Crippen molar-refractivity contribution >= 4 is 17.7 Å². The molecular formula is C31H41N3O4S. The number of hydrogen-bond acceptors (Lipinski definition) is 6. The molecule has 210 valence electrons. The van der Waals surface area contributed by atoms with E-state index in [-0.39, 0.29) is 18.1 Å². The van der Waals surface area contributed by atoms with Gasteiger partial charge < -0.3 is 23.7 Å². The van der Waals surface area contributed by atoms with Gasteiger partial charge in [0.15, 0.2) is 5.16 Å². The van der Waals surface area contributed by atoms with Gasteiger partial charge in [0, 0.05) is 42.9 Å². The third-order valence-corrected chi connectivity index (χ3v) is 7.96. The van der Waals surface area contributed by atoms with Crippen LogP contribution in [-0.2, 0) is 16.1 Å². The number of hydrogen-bond donors (Lipinski definition) is 0. The molecule has 4 rings (SSSR count). The normalized spacial score (nSPS) is 17.3.